The molecule has 0 saturated heterocycles. The third-order valence-corrected chi connectivity index (χ3v) is 4.35. The van der Waals surface area contributed by atoms with Gasteiger partial charge in [-0.3, -0.25) is 9.59 Å². The highest BCUT2D eigenvalue weighted by Crippen LogP contribution is 2.18. The van der Waals surface area contributed by atoms with Gasteiger partial charge in [0.25, 0.3) is 5.91 Å². The second-order valence-electron chi connectivity index (χ2n) is 6.38. The van der Waals surface area contributed by atoms with Gasteiger partial charge in [0.1, 0.15) is 5.82 Å². The van der Waals surface area contributed by atoms with Crippen LogP contribution in [0.3, 0.4) is 0 Å². The van der Waals surface area contributed by atoms with Crippen LogP contribution in [0.5, 0.6) is 0 Å². The van der Waals surface area contributed by atoms with E-state index in [0.29, 0.717) is 6.42 Å². The smallest absolute Gasteiger partial charge is 0.254 e. The highest BCUT2D eigenvalue weighted by Gasteiger charge is 2.17. The van der Waals surface area contributed by atoms with Crippen LogP contribution in [0.4, 0.5) is 4.39 Å². The van der Waals surface area contributed by atoms with Crippen molar-refractivity contribution in [2.75, 3.05) is 6.54 Å². The number of hydrogen-bond donors (Lipinski definition) is 2. The molecule has 4 nitrogen and oxygen atoms in total. The number of hydrogen-bond acceptors (Lipinski definition) is 2. The summed E-state index contributed by atoms with van der Waals surface area (Å²) in [6.07, 6.45) is 0.623. The van der Waals surface area contributed by atoms with Gasteiger partial charge in [-0.25, -0.2) is 4.39 Å². The topological polar surface area (TPSA) is 58.2 Å². The van der Waals surface area contributed by atoms with Crippen LogP contribution in [0.1, 0.15) is 27.5 Å². The van der Waals surface area contributed by atoms with E-state index < -0.39 is 11.7 Å². The summed E-state index contributed by atoms with van der Waals surface area (Å²) < 4.78 is 13.7. The lowest BCUT2D eigenvalue weighted by Crippen LogP contribution is -2.39. The molecule has 3 rings (SSSR count). The molecule has 3 aromatic carbocycles. The molecule has 0 aromatic heterocycles. The fraction of sp³-hybridized carbons (Fsp3) is 0.130. The van der Waals surface area contributed by atoms with Gasteiger partial charge in [-0.15, -0.1) is 0 Å². The lowest BCUT2D eigenvalue weighted by Gasteiger charge is -2.20. The third-order valence-electron chi connectivity index (χ3n) is 4.35. The first-order valence-electron chi connectivity index (χ1n) is 9.04. The van der Waals surface area contributed by atoms with Gasteiger partial charge < -0.3 is 10.6 Å². The van der Waals surface area contributed by atoms with Gasteiger partial charge in [-0.2, -0.15) is 0 Å². The van der Waals surface area contributed by atoms with E-state index in [9.17, 15) is 14.0 Å². The maximum atomic E-state index is 13.7. The van der Waals surface area contributed by atoms with Crippen LogP contribution in [0.25, 0.3) is 0 Å². The van der Waals surface area contributed by atoms with Crippen LogP contribution >= 0.6 is 0 Å². The first kappa shape index (κ1) is 19.3. The van der Waals surface area contributed by atoms with Crippen LogP contribution < -0.4 is 10.6 Å². The fourth-order valence-electron chi connectivity index (χ4n) is 2.93. The van der Waals surface area contributed by atoms with Crippen molar-refractivity contribution in [1.82, 2.24) is 10.6 Å². The Labute approximate surface area is 163 Å². The highest BCUT2D eigenvalue weighted by molar-refractivity contribution is 5.96. The van der Waals surface area contributed by atoms with Gasteiger partial charge in [-0.05, 0) is 29.7 Å². The number of carbonyl (C=O) groups is 2. The van der Waals surface area contributed by atoms with Crippen molar-refractivity contribution in [2.24, 2.45) is 0 Å². The zero-order valence-electron chi connectivity index (χ0n) is 15.3. The van der Waals surface area contributed by atoms with Gasteiger partial charge >= 0.3 is 0 Å². The molecule has 5 heteroatoms. The molecule has 1 atom stereocenters. The van der Waals surface area contributed by atoms with Gasteiger partial charge in [0.05, 0.1) is 18.2 Å². The molecule has 0 saturated carbocycles. The molecule has 28 heavy (non-hydrogen) atoms. The summed E-state index contributed by atoms with van der Waals surface area (Å²) in [7, 11) is 0. The Hall–Kier alpha value is -3.47. The van der Waals surface area contributed by atoms with Crippen molar-refractivity contribution in [3.63, 3.8) is 0 Å². The standard InChI is InChI=1S/C23H21FN2O2/c24-20-14-8-7-13-19(20)23(28)25-16-22(27)26-21(18-11-5-2-6-12-18)15-17-9-3-1-4-10-17/h1-14,21H,15-16H2,(H,25,28)(H,26,27). The van der Waals surface area contributed by atoms with E-state index in [-0.39, 0.29) is 24.1 Å². The summed E-state index contributed by atoms with van der Waals surface area (Å²) in [5.41, 5.74) is 1.98. The molecule has 2 amide bonds. The SMILES string of the molecule is O=C(CNC(=O)c1ccccc1F)NC(Cc1ccccc1)c1ccccc1. The van der Waals surface area contributed by atoms with Crippen LogP contribution in [0.15, 0.2) is 84.9 Å². The maximum absolute atomic E-state index is 13.7. The lowest BCUT2D eigenvalue weighted by molar-refractivity contribution is -0.120. The molecular formula is C23H21FN2O2. The average molecular weight is 376 g/mol. The van der Waals surface area contributed by atoms with Crippen molar-refractivity contribution < 1.29 is 14.0 Å². The quantitative estimate of drug-likeness (QED) is 0.661. The van der Waals surface area contributed by atoms with E-state index in [0.717, 1.165) is 11.1 Å². The Bertz CT molecular complexity index is 930. The predicted octanol–water partition coefficient (Wildman–Crippen LogP) is 3.66. The average Bonchev–Trinajstić information content (AvgIpc) is 2.73. The monoisotopic (exact) mass is 376 g/mol. The number of halogens is 1. The first-order chi connectivity index (χ1) is 13.6. The van der Waals surface area contributed by atoms with Crippen molar-refractivity contribution in [2.45, 2.75) is 12.5 Å². The third kappa shape index (κ3) is 5.27. The van der Waals surface area contributed by atoms with Gasteiger partial charge in [0.15, 0.2) is 0 Å². The second-order valence-corrected chi connectivity index (χ2v) is 6.38. The molecule has 142 valence electrons. The number of rotatable bonds is 7. The minimum atomic E-state index is -0.619. The summed E-state index contributed by atoms with van der Waals surface area (Å²) in [6.45, 7) is -0.231. The van der Waals surface area contributed by atoms with E-state index in [2.05, 4.69) is 10.6 Å². The number of nitrogens with one attached hydrogen (secondary N) is 2. The summed E-state index contributed by atoms with van der Waals surface area (Å²) in [5.74, 6) is -1.58. The van der Waals surface area contributed by atoms with E-state index in [1.165, 1.54) is 18.2 Å². The van der Waals surface area contributed by atoms with E-state index in [4.69, 9.17) is 0 Å². The Morgan fingerprint density at radius 1 is 0.821 bits per heavy atom. The summed E-state index contributed by atoms with van der Waals surface area (Å²) in [4.78, 5) is 24.5. The van der Waals surface area contributed by atoms with Crippen molar-refractivity contribution in [3.05, 3.63) is 107 Å². The minimum absolute atomic E-state index is 0.0841. The molecule has 1 unspecified atom stereocenters. The zero-order chi connectivity index (χ0) is 19.8. The molecular weight excluding hydrogens is 355 g/mol. The van der Waals surface area contributed by atoms with Gasteiger partial charge in [-0.1, -0.05) is 72.8 Å². The molecule has 0 aliphatic heterocycles. The van der Waals surface area contributed by atoms with Crippen molar-refractivity contribution >= 4 is 11.8 Å². The summed E-state index contributed by atoms with van der Waals surface area (Å²) in [5, 5.41) is 5.43. The van der Waals surface area contributed by atoms with Crippen molar-refractivity contribution in [1.29, 1.82) is 0 Å². The number of benzene rings is 3. The van der Waals surface area contributed by atoms with E-state index >= 15 is 0 Å². The van der Waals surface area contributed by atoms with Crippen LogP contribution in [-0.2, 0) is 11.2 Å². The summed E-state index contributed by atoms with van der Waals surface area (Å²) >= 11 is 0. The number of carbonyl (C=O) groups excluding carboxylic acids is 2. The maximum Gasteiger partial charge on any atom is 0.254 e. The molecule has 0 aliphatic rings. The Morgan fingerprint density at radius 3 is 2.11 bits per heavy atom. The molecule has 0 heterocycles. The summed E-state index contributed by atoms with van der Waals surface area (Å²) in [6, 6.07) is 24.9. The van der Waals surface area contributed by atoms with Crippen LogP contribution in [-0.4, -0.2) is 18.4 Å². The van der Waals surface area contributed by atoms with Crippen LogP contribution in [0, 0.1) is 5.82 Å². The zero-order valence-corrected chi connectivity index (χ0v) is 15.3. The minimum Gasteiger partial charge on any atom is -0.347 e. The van der Waals surface area contributed by atoms with E-state index in [1.54, 1.807) is 6.07 Å². The highest BCUT2D eigenvalue weighted by atomic mass is 19.1. The Morgan fingerprint density at radius 2 is 1.43 bits per heavy atom. The normalized spacial score (nSPS) is 11.5. The van der Waals surface area contributed by atoms with E-state index in [1.807, 2.05) is 60.7 Å². The molecule has 0 aliphatic carbocycles. The predicted molar refractivity (Wildman–Crippen MR) is 106 cm³/mol. The molecule has 0 fully saturated rings. The lowest BCUT2D eigenvalue weighted by atomic mass is 9.99. The van der Waals surface area contributed by atoms with Crippen molar-refractivity contribution in [3.8, 4) is 0 Å². The van der Waals surface area contributed by atoms with Gasteiger partial charge in [0.2, 0.25) is 5.91 Å². The van der Waals surface area contributed by atoms with Crippen LogP contribution in [0.2, 0.25) is 0 Å². The molecule has 0 radical (unpaired) electrons. The fourth-order valence-corrected chi connectivity index (χ4v) is 2.93. The van der Waals surface area contributed by atoms with Gasteiger partial charge in [0, 0.05) is 0 Å². The Balaban J connectivity index is 1.64. The molecule has 0 spiro atoms. The Kier molecular flexibility index (Phi) is 6.52. The molecule has 0 bridgehead atoms. The largest absolute Gasteiger partial charge is 0.347 e. The number of amides is 2. The molecule has 3 aromatic rings. The molecule has 2 N–H and O–H groups in total. The second kappa shape index (κ2) is 9.46. The first-order valence-corrected chi connectivity index (χ1v) is 9.04.